The molecule has 4 atom stereocenters. The number of fused-ring (bicyclic) bond motifs is 6. The molecule has 0 amide bonds. The number of ether oxygens (including phenoxy) is 2. The quantitative estimate of drug-likeness (QED) is 0.121. The summed E-state index contributed by atoms with van der Waals surface area (Å²) < 4.78 is 51.3. The molecular formula is C64H68F2N10O4. The lowest BCUT2D eigenvalue weighted by atomic mass is 9.86. The van der Waals surface area contributed by atoms with Gasteiger partial charge in [-0.25, -0.2) is 18.1 Å². The summed E-state index contributed by atoms with van der Waals surface area (Å²) in [5.41, 5.74) is 11.0. The maximum absolute atomic E-state index is 15.8. The second-order valence-corrected chi connectivity index (χ2v) is 23.4. The second kappa shape index (κ2) is 20.4. The van der Waals surface area contributed by atoms with Crippen LogP contribution < -0.4 is 0 Å². The van der Waals surface area contributed by atoms with Crippen LogP contribution in [0.1, 0.15) is 111 Å². The van der Waals surface area contributed by atoms with Gasteiger partial charge in [-0.15, -0.1) is 10.2 Å². The largest absolute Gasteiger partial charge is 0.385 e. The Balaban J connectivity index is 0.000000151. The summed E-state index contributed by atoms with van der Waals surface area (Å²) in [5, 5.41) is 41.4. The van der Waals surface area contributed by atoms with E-state index in [1.54, 1.807) is 35.3 Å². The molecule has 0 spiro atoms. The molecule has 2 unspecified atom stereocenters. The number of hydrogen-bond acceptors (Lipinski definition) is 10. The normalized spacial score (nSPS) is 18.8. The molecule has 10 aromatic rings. The predicted molar refractivity (Wildman–Crippen MR) is 305 cm³/mol. The van der Waals surface area contributed by atoms with E-state index >= 15 is 8.78 Å². The molecule has 2 aliphatic heterocycles. The highest BCUT2D eigenvalue weighted by Gasteiger charge is 2.45. The van der Waals surface area contributed by atoms with Gasteiger partial charge in [0.15, 0.2) is 0 Å². The van der Waals surface area contributed by atoms with E-state index in [-0.39, 0.29) is 35.6 Å². The van der Waals surface area contributed by atoms with Crippen molar-refractivity contribution in [2.45, 2.75) is 102 Å². The standard InChI is InChI=1S/2C32H34FN5O2/c2*1-19-30(37(3)36-35-19)22-15-28-29(34-18-22)24-16-26(33)25(32(2,39)23-9-10-23)17-27(24)38(28)31(20-7-5-4-6-8-20)21-11-13-40-14-12-21/h2*4-8,15-18,21,23,31,39H,9-14H2,1-3H3/t2*31-,32?/m11/s1. The maximum atomic E-state index is 15.8. The first-order valence-electron chi connectivity index (χ1n) is 28.4. The summed E-state index contributed by atoms with van der Waals surface area (Å²) in [5.74, 6) is 0.00412. The smallest absolute Gasteiger partial charge is 0.130 e. The van der Waals surface area contributed by atoms with Crippen molar-refractivity contribution >= 4 is 43.9 Å². The summed E-state index contributed by atoms with van der Waals surface area (Å²) in [7, 11) is 3.76. The number of benzene rings is 4. The molecule has 80 heavy (non-hydrogen) atoms. The third-order valence-corrected chi connectivity index (χ3v) is 18.1. The van der Waals surface area contributed by atoms with Gasteiger partial charge < -0.3 is 28.8 Å². The number of pyridine rings is 2. The monoisotopic (exact) mass is 1080 g/mol. The van der Waals surface area contributed by atoms with Crippen LogP contribution in [-0.2, 0) is 34.8 Å². The van der Waals surface area contributed by atoms with Gasteiger partial charge in [-0.05, 0) is 150 Å². The summed E-state index contributed by atoms with van der Waals surface area (Å²) in [4.78, 5) is 9.85. The fraction of sp³-hybridized carbons (Fsp3) is 0.406. The third kappa shape index (κ3) is 9.08. The molecule has 2 saturated carbocycles. The molecule has 2 aliphatic carbocycles. The molecular weight excluding hydrogens is 1010 g/mol. The second-order valence-electron chi connectivity index (χ2n) is 23.4. The molecule has 6 aromatic heterocycles. The van der Waals surface area contributed by atoms with Crippen molar-refractivity contribution in [2.75, 3.05) is 26.4 Å². The predicted octanol–water partition coefficient (Wildman–Crippen LogP) is 12.1. The Bertz CT molecular complexity index is 3650. The van der Waals surface area contributed by atoms with Gasteiger partial charge >= 0.3 is 0 Å². The van der Waals surface area contributed by atoms with E-state index in [9.17, 15) is 10.2 Å². The van der Waals surface area contributed by atoms with Crippen LogP contribution >= 0.6 is 0 Å². The molecule has 14 rings (SSSR count). The van der Waals surface area contributed by atoms with Crippen LogP contribution in [0.25, 0.3) is 66.4 Å². The van der Waals surface area contributed by atoms with Gasteiger partial charge in [0.25, 0.3) is 0 Å². The van der Waals surface area contributed by atoms with Gasteiger partial charge in [0, 0.05) is 85.9 Å². The highest BCUT2D eigenvalue weighted by atomic mass is 19.1. The molecule has 0 bridgehead atoms. The molecule has 0 radical (unpaired) electrons. The number of aliphatic hydroxyl groups is 2. The van der Waals surface area contributed by atoms with Gasteiger partial charge in [-0.3, -0.25) is 9.97 Å². The Morgan fingerprint density at radius 2 is 0.900 bits per heavy atom. The Hall–Kier alpha value is -7.24. The summed E-state index contributed by atoms with van der Waals surface area (Å²) in [6, 6.07) is 32.3. The Kier molecular flexibility index (Phi) is 13.3. The van der Waals surface area contributed by atoms with E-state index in [0.717, 1.165) is 129 Å². The van der Waals surface area contributed by atoms with Crippen LogP contribution in [0.2, 0.25) is 0 Å². The molecule has 14 nitrogen and oxygen atoms in total. The van der Waals surface area contributed by atoms with Gasteiger partial charge in [-0.2, -0.15) is 0 Å². The number of nitrogens with zero attached hydrogens (tertiary/aromatic N) is 10. The summed E-state index contributed by atoms with van der Waals surface area (Å²) in [6.07, 6.45) is 11.0. The first kappa shape index (κ1) is 52.2. The van der Waals surface area contributed by atoms with Crippen molar-refractivity contribution in [3.05, 3.63) is 155 Å². The molecule has 4 aromatic carbocycles. The van der Waals surface area contributed by atoms with Crippen LogP contribution in [0.4, 0.5) is 8.78 Å². The molecule has 4 fully saturated rings. The molecule has 412 valence electrons. The van der Waals surface area contributed by atoms with Gasteiger partial charge in [0.2, 0.25) is 0 Å². The van der Waals surface area contributed by atoms with E-state index in [4.69, 9.17) is 19.4 Å². The van der Waals surface area contributed by atoms with Crippen molar-refractivity contribution in [1.29, 1.82) is 0 Å². The molecule has 16 heteroatoms. The Labute approximate surface area is 463 Å². The highest BCUT2D eigenvalue weighted by molar-refractivity contribution is 6.08. The van der Waals surface area contributed by atoms with Gasteiger partial charge in [-0.1, -0.05) is 71.1 Å². The molecule has 8 heterocycles. The van der Waals surface area contributed by atoms with Gasteiger partial charge in [0.05, 0.1) is 79.2 Å². The van der Waals surface area contributed by atoms with Crippen LogP contribution in [-0.4, -0.2) is 85.7 Å². The minimum absolute atomic E-state index is 0.0166. The third-order valence-electron chi connectivity index (χ3n) is 18.1. The fourth-order valence-electron chi connectivity index (χ4n) is 13.6. The molecule has 4 aliphatic rings. The zero-order valence-electron chi connectivity index (χ0n) is 46.3. The zero-order valence-corrected chi connectivity index (χ0v) is 46.3. The van der Waals surface area contributed by atoms with Crippen molar-refractivity contribution in [1.82, 2.24) is 49.1 Å². The maximum Gasteiger partial charge on any atom is 0.130 e. The first-order chi connectivity index (χ1) is 38.7. The van der Waals surface area contributed by atoms with Crippen molar-refractivity contribution in [3.8, 4) is 22.5 Å². The highest BCUT2D eigenvalue weighted by Crippen LogP contribution is 2.51. The van der Waals surface area contributed by atoms with Crippen LogP contribution in [0.3, 0.4) is 0 Å². The lowest BCUT2D eigenvalue weighted by Gasteiger charge is -2.33. The van der Waals surface area contributed by atoms with Crippen LogP contribution in [0, 0.1) is 49.2 Å². The topological polar surface area (TPSA) is 156 Å². The average molecular weight is 1080 g/mol. The lowest BCUT2D eigenvalue weighted by molar-refractivity contribution is 0.0292. The Morgan fingerprint density at radius 3 is 1.24 bits per heavy atom. The molecule has 2 N–H and O–H groups in total. The van der Waals surface area contributed by atoms with Crippen molar-refractivity contribution in [3.63, 3.8) is 0 Å². The summed E-state index contributed by atoms with van der Waals surface area (Å²) in [6.45, 7) is 10.2. The minimum atomic E-state index is -1.23. The lowest BCUT2D eigenvalue weighted by Crippen LogP contribution is -2.27. The van der Waals surface area contributed by atoms with Crippen molar-refractivity contribution in [2.24, 2.45) is 37.8 Å². The number of halogens is 2. The zero-order chi connectivity index (χ0) is 55.2. The number of rotatable bonds is 12. The van der Waals surface area contributed by atoms with E-state index in [0.29, 0.717) is 49.4 Å². The van der Waals surface area contributed by atoms with E-state index in [2.05, 4.69) is 90.4 Å². The fourth-order valence-corrected chi connectivity index (χ4v) is 13.6. The number of aryl methyl sites for hydroxylation is 4. The summed E-state index contributed by atoms with van der Waals surface area (Å²) >= 11 is 0. The van der Waals surface area contributed by atoms with Crippen LogP contribution in [0.15, 0.2) is 109 Å². The van der Waals surface area contributed by atoms with E-state index in [1.807, 2.05) is 64.6 Å². The number of hydrogen-bond donors (Lipinski definition) is 2. The minimum Gasteiger partial charge on any atom is -0.385 e. The SMILES string of the molecule is Cc1nnn(C)c1-c1cnc2c3cc(F)c(C(C)(O)C4CC4)cc3n([C@H](c3ccccc3)C3CCOCC3)c2c1.Cc1nnn(C)c1-c1cnc2c3cc(F)c(C(C)(O)C4CC4)cc3n([C@H](c3ccccc3)C3CCOCC3)c2c1. The number of aromatic nitrogens is 10. The Morgan fingerprint density at radius 1 is 0.525 bits per heavy atom. The van der Waals surface area contributed by atoms with Gasteiger partial charge in [0.1, 0.15) is 11.6 Å². The first-order valence-corrected chi connectivity index (χ1v) is 28.4. The average Bonchev–Trinajstić information content (AvgIpc) is 4.49. The molecule has 2 saturated heterocycles. The van der Waals surface area contributed by atoms with Crippen LogP contribution in [0.5, 0.6) is 0 Å². The van der Waals surface area contributed by atoms with Crippen molar-refractivity contribution < 1.29 is 28.5 Å². The van der Waals surface area contributed by atoms with E-state index in [1.165, 1.54) is 11.1 Å². The van der Waals surface area contributed by atoms with E-state index < -0.39 is 11.2 Å².